The monoisotopic (exact) mass is 246 g/mol. The normalized spacial score (nSPS) is 12.2. The molecule has 1 heterocycles. The molecule has 0 aromatic carbocycles. The molecule has 0 fully saturated rings. The van der Waals surface area contributed by atoms with Gasteiger partial charge in [0, 0.05) is 19.7 Å². The van der Waals surface area contributed by atoms with Crippen molar-refractivity contribution < 1.29 is 0 Å². The highest BCUT2D eigenvalue weighted by molar-refractivity contribution is 5.75. The van der Waals surface area contributed by atoms with Crippen LogP contribution in [0.1, 0.15) is 37.9 Å². The number of unbranched alkanes of at least 4 members (excludes halogenated alkanes) is 1. The summed E-state index contributed by atoms with van der Waals surface area (Å²) in [6.45, 7) is 6.26. The molecule has 0 saturated heterocycles. The van der Waals surface area contributed by atoms with Gasteiger partial charge >= 0.3 is 0 Å². The predicted molar refractivity (Wildman–Crippen MR) is 77.2 cm³/mol. The standard InChI is InChI=1S/C14H22N4/c1-6-7-8-11(2)13-12(3)15-9-16-14(13)17-10-18(4)5/h8-10H,6-7H2,1-5H3/b11-8-,17-10?. The Bertz CT molecular complexity index is 447. The summed E-state index contributed by atoms with van der Waals surface area (Å²) < 4.78 is 0. The topological polar surface area (TPSA) is 41.4 Å². The van der Waals surface area contributed by atoms with Gasteiger partial charge in [-0.2, -0.15) is 0 Å². The molecule has 0 atom stereocenters. The van der Waals surface area contributed by atoms with Crippen molar-refractivity contribution in [3.63, 3.8) is 0 Å². The van der Waals surface area contributed by atoms with Gasteiger partial charge in [0.25, 0.3) is 0 Å². The van der Waals surface area contributed by atoms with Crippen molar-refractivity contribution >= 4 is 17.7 Å². The van der Waals surface area contributed by atoms with Crippen LogP contribution in [0.3, 0.4) is 0 Å². The Labute approximate surface area is 109 Å². The molecular formula is C14H22N4. The first kappa shape index (κ1) is 14.4. The summed E-state index contributed by atoms with van der Waals surface area (Å²) in [4.78, 5) is 14.8. The van der Waals surface area contributed by atoms with E-state index in [1.165, 1.54) is 5.57 Å². The second kappa shape index (κ2) is 6.89. The Kier molecular flexibility index (Phi) is 5.49. The van der Waals surface area contributed by atoms with Gasteiger partial charge in [-0.15, -0.1) is 0 Å². The minimum absolute atomic E-state index is 0.737. The third-order valence-electron chi connectivity index (χ3n) is 2.56. The fourth-order valence-electron chi connectivity index (χ4n) is 1.65. The second-order valence-corrected chi connectivity index (χ2v) is 4.54. The van der Waals surface area contributed by atoms with Crippen molar-refractivity contribution in [1.82, 2.24) is 14.9 Å². The van der Waals surface area contributed by atoms with Gasteiger partial charge in [0.15, 0.2) is 5.82 Å². The predicted octanol–water partition coefficient (Wildman–Crippen LogP) is 3.21. The van der Waals surface area contributed by atoms with Gasteiger partial charge in [-0.1, -0.05) is 19.4 Å². The van der Waals surface area contributed by atoms with Crippen LogP contribution < -0.4 is 0 Å². The van der Waals surface area contributed by atoms with Gasteiger partial charge in [0.05, 0.1) is 12.0 Å². The highest BCUT2D eigenvalue weighted by atomic mass is 15.1. The molecule has 1 aromatic rings. The van der Waals surface area contributed by atoms with E-state index in [1.807, 2.05) is 25.9 Å². The largest absolute Gasteiger partial charge is 0.369 e. The van der Waals surface area contributed by atoms with Crippen LogP contribution in [-0.4, -0.2) is 35.3 Å². The summed E-state index contributed by atoms with van der Waals surface area (Å²) in [6, 6.07) is 0. The zero-order chi connectivity index (χ0) is 13.5. The van der Waals surface area contributed by atoms with E-state index in [4.69, 9.17) is 0 Å². The number of hydrogen-bond acceptors (Lipinski definition) is 3. The molecule has 0 N–H and O–H groups in total. The zero-order valence-electron chi connectivity index (χ0n) is 11.9. The molecule has 0 aliphatic heterocycles. The summed E-state index contributed by atoms with van der Waals surface area (Å²) in [6.07, 6.45) is 7.75. The van der Waals surface area contributed by atoms with Crippen LogP contribution in [0.5, 0.6) is 0 Å². The van der Waals surface area contributed by atoms with Crippen molar-refractivity contribution in [1.29, 1.82) is 0 Å². The van der Waals surface area contributed by atoms with Crippen LogP contribution >= 0.6 is 0 Å². The van der Waals surface area contributed by atoms with Gasteiger partial charge in [0.2, 0.25) is 0 Å². The van der Waals surface area contributed by atoms with E-state index in [0.717, 1.165) is 29.9 Å². The van der Waals surface area contributed by atoms with Gasteiger partial charge in [-0.05, 0) is 25.8 Å². The molecule has 0 spiro atoms. The van der Waals surface area contributed by atoms with E-state index in [2.05, 4.69) is 34.9 Å². The van der Waals surface area contributed by atoms with Crippen molar-refractivity contribution in [3.05, 3.63) is 23.7 Å². The molecule has 0 amide bonds. The van der Waals surface area contributed by atoms with Crippen LogP contribution in [0, 0.1) is 6.92 Å². The molecule has 0 radical (unpaired) electrons. The lowest BCUT2D eigenvalue weighted by Gasteiger charge is -2.09. The first-order valence-corrected chi connectivity index (χ1v) is 6.25. The van der Waals surface area contributed by atoms with Gasteiger partial charge in [0.1, 0.15) is 6.33 Å². The number of rotatable bonds is 5. The molecule has 0 unspecified atom stereocenters. The number of hydrogen-bond donors (Lipinski definition) is 0. The molecule has 4 heteroatoms. The Morgan fingerprint density at radius 1 is 1.39 bits per heavy atom. The Morgan fingerprint density at radius 2 is 2.11 bits per heavy atom. The minimum Gasteiger partial charge on any atom is -0.369 e. The smallest absolute Gasteiger partial charge is 0.164 e. The molecule has 0 aliphatic rings. The van der Waals surface area contributed by atoms with E-state index < -0.39 is 0 Å². The molecule has 0 bridgehead atoms. The number of aryl methyl sites for hydroxylation is 1. The maximum Gasteiger partial charge on any atom is 0.164 e. The summed E-state index contributed by atoms with van der Waals surface area (Å²) in [5, 5.41) is 0. The second-order valence-electron chi connectivity index (χ2n) is 4.54. The average Bonchev–Trinajstić information content (AvgIpc) is 2.33. The molecule has 18 heavy (non-hydrogen) atoms. The van der Waals surface area contributed by atoms with Crippen LogP contribution in [0.4, 0.5) is 5.82 Å². The van der Waals surface area contributed by atoms with Crippen molar-refractivity contribution in [2.75, 3.05) is 14.1 Å². The quantitative estimate of drug-likeness (QED) is 0.591. The third-order valence-corrected chi connectivity index (χ3v) is 2.56. The summed E-state index contributed by atoms with van der Waals surface area (Å²) >= 11 is 0. The van der Waals surface area contributed by atoms with Crippen molar-refractivity contribution in [2.45, 2.75) is 33.6 Å². The van der Waals surface area contributed by atoms with E-state index >= 15 is 0 Å². The first-order valence-electron chi connectivity index (χ1n) is 6.25. The van der Waals surface area contributed by atoms with Gasteiger partial charge in [-0.25, -0.2) is 15.0 Å². The summed E-state index contributed by atoms with van der Waals surface area (Å²) in [5.41, 5.74) is 3.21. The van der Waals surface area contributed by atoms with E-state index in [-0.39, 0.29) is 0 Å². The van der Waals surface area contributed by atoms with E-state index in [1.54, 1.807) is 12.7 Å². The minimum atomic E-state index is 0.737. The van der Waals surface area contributed by atoms with Crippen LogP contribution in [0.2, 0.25) is 0 Å². The third kappa shape index (κ3) is 3.95. The highest BCUT2D eigenvalue weighted by Crippen LogP contribution is 2.26. The highest BCUT2D eigenvalue weighted by Gasteiger charge is 2.08. The summed E-state index contributed by atoms with van der Waals surface area (Å²) in [5.74, 6) is 0.737. The number of aliphatic imine (C=N–C) groups is 1. The number of aromatic nitrogens is 2. The molecular weight excluding hydrogens is 224 g/mol. The van der Waals surface area contributed by atoms with Gasteiger partial charge < -0.3 is 4.90 Å². The molecule has 1 aromatic heterocycles. The molecule has 98 valence electrons. The lowest BCUT2D eigenvalue weighted by molar-refractivity contribution is 0.643. The zero-order valence-corrected chi connectivity index (χ0v) is 11.9. The van der Waals surface area contributed by atoms with Crippen molar-refractivity contribution in [3.8, 4) is 0 Å². The fraction of sp³-hybridized carbons (Fsp3) is 0.500. The van der Waals surface area contributed by atoms with Crippen LogP contribution in [0.15, 0.2) is 17.4 Å². The van der Waals surface area contributed by atoms with Crippen LogP contribution in [0.25, 0.3) is 5.57 Å². The van der Waals surface area contributed by atoms with E-state index in [9.17, 15) is 0 Å². The first-order chi connectivity index (χ1) is 8.56. The molecule has 1 rings (SSSR count). The average molecular weight is 246 g/mol. The maximum absolute atomic E-state index is 4.40. The summed E-state index contributed by atoms with van der Waals surface area (Å²) in [7, 11) is 3.88. The SMILES string of the molecule is CCC/C=C(/C)c1c(C)ncnc1N=CN(C)C. The number of nitrogens with zero attached hydrogens (tertiary/aromatic N) is 4. The fourth-order valence-corrected chi connectivity index (χ4v) is 1.65. The lowest BCUT2D eigenvalue weighted by atomic mass is 10.1. The molecule has 0 aliphatic carbocycles. The lowest BCUT2D eigenvalue weighted by Crippen LogP contribution is -2.07. The van der Waals surface area contributed by atoms with Gasteiger partial charge in [-0.3, -0.25) is 0 Å². The maximum atomic E-state index is 4.40. The molecule has 4 nitrogen and oxygen atoms in total. The Hall–Kier alpha value is -1.71. The number of allylic oxidation sites excluding steroid dienone is 2. The molecule has 0 saturated carbocycles. The van der Waals surface area contributed by atoms with E-state index in [0.29, 0.717) is 0 Å². The Balaban J connectivity index is 3.16. The van der Waals surface area contributed by atoms with Crippen molar-refractivity contribution in [2.24, 2.45) is 4.99 Å². The van der Waals surface area contributed by atoms with Crippen LogP contribution in [-0.2, 0) is 0 Å². The Morgan fingerprint density at radius 3 is 2.72 bits per heavy atom.